The molecule has 1 heterocycles. The van der Waals surface area contributed by atoms with Crippen LogP contribution in [0.1, 0.15) is 24.5 Å². The van der Waals surface area contributed by atoms with Gasteiger partial charge in [0, 0.05) is 18.1 Å². The highest BCUT2D eigenvalue weighted by Gasteiger charge is 2.08. The highest BCUT2D eigenvalue weighted by atomic mass is 32.1. The largest absolute Gasteiger partial charge is 0.385 e. The Kier molecular flexibility index (Phi) is 4.21. The molecule has 0 aliphatic carbocycles. The third kappa shape index (κ3) is 2.89. The lowest BCUT2D eigenvalue weighted by atomic mass is 10.3. The molecule has 0 aromatic carbocycles. The van der Waals surface area contributed by atoms with E-state index in [1.807, 2.05) is 5.38 Å². The Hall–Kier alpha value is -0.450. The summed E-state index contributed by atoms with van der Waals surface area (Å²) in [6, 6.07) is 0. The zero-order valence-electron chi connectivity index (χ0n) is 7.16. The Balaban J connectivity index is 2.25. The van der Waals surface area contributed by atoms with Crippen molar-refractivity contribution in [3.63, 3.8) is 0 Å². The molecule has 0 aliphatic heterocycles. The summed E-state index contributed by atoms with van der Waals surface area (Å²) in [5.74, 6) is 0. The lowest BCUT2D eigenvalue weighted by Crippen LogP contribution is -2.21. The lowest BCUT2D eigenvalue weighted by Gasteiger charge is -2.07. The average Bonchev–Trinajstić information content (AvgIpc) is 2.56. The first kappa shape index (κ1) is 9.64. The van der Waals surface area contributed by atoms with Crippen LogP contribution in [0.3, 0.4) is 0 Å². The van der Waals surface area contributed by atoms with Crippen LogP contribution in [-0.4, -0.2) is 23.2 Å². The van der Waals surface area contributed by atoms with Gasteiger partial charge in [-0.3, -0.25) is 0 Å². The molecule has 68 valence electrons. The first-order valence-corrected chi connectivity index (χ1v) is 5.00. The fraction of sp³-hybridized carbons (Fsp3) is 0.625. The second-order valence-electron chi connectivity index (χ2n) is 2.59. The van der Waals surface area contributed by atoms with Gasteiger partial charge in [0.05, 0.1) is 0 Å². The van der Waals surface area contributed by atoms with E-state index in [-0.39, 0.29) is 0 Å². The maximum Gasteiger partial charge on any atom is 0.122 e. The fourth-order valence-corrected chi connectivity index (χ4v) is 1.53. The molecule has 4 heteroatoms. The van der Waals surface area contributed by atoms with E-state index in [9.17, 15) is 5.11 Å². The summed E-state index contributed by atoms with van der Waals surface area (Å²) in [6.07, 6.45) is 2.35. The minimum absolute atomic E-state index is 0.448. The minimum atomic E-state index is -0.448. The molecule has 0 saturated carbocycles. The van der Waals surface area contributed by atoms with Crippen LogP contribution in [0.15, 0.2) is 11.6 Å². The van der Waals surface area contributed by atoms with Gasteiger partial charge in [-0.15, -0.1) is 11.3 Å². The number of hydrogen-bond donors (Lipinski definition) is 2. The Morgan fingerprint density at radius 3 is 3.17 bits per heavy atom. The molecule has 0 bridgehead atoms. The van der Waals surface area contributed by atoms with Crippen molar-refractivity contribution in [3.8, 4) is 0 Å². The average molecular weight is 186 g/mol. The third-order valence-corrected chi connectivity index (χ3v) is 2.38. The normalized spacial score (nSPS) is 13.2. The first-order chi connectivity index (χ1) is 5.84. The van der Waals surface area contributed by atoms with Crippen molar-refractivity contribution in [2.75, 3.05) is 13.1 Å². The van der Waals surface area contributed by atoms with Gasteiger partial charge in [-0.1, -0.05) is 6.92 Å². The van der Waals surface area contributed by atoms with Crippen molar-refractivity contribution in [1.29, 1.82) is 0 Å². The Labute approximate surface area is 76.5 Å². The van der Waals surface area contributed by atoms with Gasteiger partial charge in [0.15, 0.2) is 0 Å². The molecule has 2 N–H and O–H groups in total. The topological polar surface area (TPSA) is 45.1 Å². The number of thiazole rings is 1. The molecule has 0 amide bonds. The van der Waals surface area contributed by atoms with Gasteiger partial charge < -0.3 is 10.4 Å². The Morgan fingerprint density at radius 2 is 2.58 bits per heavy atom. The van der Waals surface area contributed by atoms with Crippen LogP contribution >= 0.6 is 11.3 Å². The molecule has 0 saturated heterocycles. The van der Waals surface area contributed by atoms with Crippen molar-refractivity contribution in [1.82, 2.24) is 10.3 Å². The van der Waals surface area contributed by atoms with Crippen LogP contribution in [0.2, 0.25) is 0 Å². The SMILES string of the molecule is CCCNCC(O)c1nccs1. The minimum Gasteiger partial charge on any atom is -0.385 e. The summed E-state index contributed by atoms with van der Waals surface area (Å²) in [7, 11) is 0. The molecule has 1 unspecified atom stereocenters. The van der Waals surface area contributed by atoms with Crippen LogP contribution in [-0.2, 0) is 0 Å². The van der Waals surface area contributed by atoms with Gasteiger partial charge in [0.1, 0.15) is 11.1 Å². The number of rotatable bonds is 5. The summed E-state index contributed by atoms with van der Waals surface area (Å²) >= 11 is 1.49. The number of aromatic nitrogens is 1. The van der Waals surface area contributed by atoms with Gasteiger partial charge in [0.25, 0.3) is 0 Å². The van der Waals surface area contributed by atoms with Crippen LogP contribution in [0.25, 0.3) is 0 Å². The van der Waals surface area contributed by atoms with Crippen LogP contribution < -0.4 is 5.32 Å². The molecule has 12 heavy (non-hydrogen) atoms. The van der Waals surface area contributed by atoms with E-state index in [4.69, 9.17) is 0 Å². The fourth-order valence-electron chi connectivity index (χ4n) is 0.902. The van der Waals surface area contributed by atoms with E-state index in [1.165, 1.54) is 11.3 Å². The number of hydrogen-bond acceptors (Lipinski definition) is 4. The van der Waals surface area contributed by atoms with Crippen LogP contribution in [0, 0.1) is 0 Å². The molecule has 1 atom stereocenters. The molecule has 0 spiro atoms. The maximum atomic E-state index is 9.52. The van der Waals surface area contributed by atoms with E-state index >= 15 is 0 Å². The molecule has 1 aromatic heterocycles. The summed E-state index contributed by atoms with van der Waals surface area (Å²) in [5.41, 5.74) is 0. The van der Waals surface area contributed by atoms with Crippen molar-refractivity contribution in [3.05, 3.63) is 16.6 Å². The van der Waals surface area contributed by atoms with Crippen molar-refractivity contribution < 1.29 is 5.11 Å². The van der Waals surface area contributed by atoms with Gasteiger partial charge in [-0.25, -0.2) is 4.98 Å². The first-order valence-electron chi connectivity index (χ1n) is 4.12. The molecule has 0 fully saturated rings. The number of aliphatic hydroxyl groups excluding tert-OH is 1. The maximum absolute atomic E-state index is 9.52. The Morgan fingerprint density at radius 1 is 1.75 bits per heavy atom. The van der Waals surface area contributed by atoms with Gasteiger partial charge in [-0.2, -0.15) is 0 Å². The predicted molar refractivity (Wildman–Crippen MR) is 50.2 cm³/mol. The molecule has 0 aliphatic rings. The molecular formula is C8H14N2OS. The summed E-state index contributed by atoms with van der Waals surface area (Å²) < 4.78 is 0. The van der Waals surface area contributed by atoms with Crippen molar-refractivity contribution in [2.24, 2.45) is 0 Å². The molecule has 0 radical (unpaired) electrons. The van der Waals surface area contributed by atoms with E-state index < -0.39 is 6.10 Å². The van der Waals surface area contributed by atoms with Gasteiger partial charge in [0.2, 0.25) is 0 Å². The molecule has 3 nitrogen and oxygen atoms in total. The van der Waals surface area contributed by atoms with Gasteiger partial charge >= 0.3 is 0 Å². The van der Waals surface area contributed by atoms with E-state index in [2.05, 4.69) is 17.2 Å². The summed E-state index contributed by atoms with van der Waals surface area (Å²) in [5, 5.41) is 15.3. The summed E-state index contributed by atoms with van der Waals surface area (Å²) in [4.78, 5) is 4.02. The van der Waals surface area contributed by atoms with E-state index in [0.717, 1.165) is 18.0 Å². The predicted octanol–water partition coefficient (Wildman–Crippen LogP) is 1.18. The number of nitrogens with zero attached hydrogens (tertiary/aromatic N) is 1. The second-order valence-corrected chi connectivity index (χ2v) is 3.52. The lowest BCUT2D eigenvalue weighted by molar-refractivity contribution is 0.174. The van der Waals surface area contributed by atoms with Gasteiger partial charge in [-0.05, 0) is 13.0 Å². The second kappa shape index (κ2) is 5.24. The van der Waals surface area contributed by atoms with Crippen molar-refractivity contribution in [2.45, 2.75) is 19.4 Å². The quantitative estimate of drug-likeness (QED) is 0.679. The zero-order valence-corrected chi connectivity index (χ0v) is 7.97. The number of aliphatic hydroxyl groups is 1. The highest BCUT2D eigenvalue weighted by molar-refractivity contribution is 7.09. The van der Waals surface area contributed by atoms with E-state index in [1.54, 1.807) is 6.20 Å². The smallest absolute Gasteiger partial charge is 0.122 e. The molecular weight excluding hydrogens is 172 g/mol. The monoisotopic (exact) mass is 186 g/mol. The number of nitrogens with one attached hydrogen (secondary N) is 1. The Bertz CT molecular complexity index is 201. The summed E-state index contributed by atoms with van der Waals surface area (Å²) in [6.45, 7) is 3.65. The third-order valence-electron chi connectivity index (χ3n) is 1.50. The van der Waals surface area contributed by atoms with Crippen molar-refractivity contribution >= 4 is 11.3 Å². The van der Waals surface area contributed by atoms with Crippen LogP contribution in [0.5, 0.6) is 0 Å². The van der Waals surface area contributed by atoms with Crippen LogP contribution in [0.4, 0.5) is 0 Å². The zero-order chi connectivity index (χ0) is 8.81. The molecule has 1 aromatic rings. The molecule has 1 rings (SSSR count). The standard InChI is InChI=1S/C8H14N2OS/c1-2-3-9-6-7(11)8-10-4-5-12-8/h4-5,7,9,11H,2-3,6H2,1H3. The van der Waals surface area contributed by atoms with E-state index in [0.29, 0.717) is 6.54 Å². The highest BCUT2D eigenvalue weighted by Crippen LogP contribution is 2.13.